The van der Waals surface area contributed by atoms with Crippen LogP contribution in [0, 0.1) is 10.1 Å². The lowest BCUT2D eigenvalue weighted by Gasteiger charge is -2.16. The van der Waals surface area contributed by atoms with Crippen molar-refractivity contribution in [1.29, 1.82) is 0 Å². The van der Waals surface area contributed by atoms with Crippen LogP contribution in [-0.4, -0.2) is 47.9 Å². The lowest BCUT2D eigenvalue weighted by atomic mass is 10.0. The number of methoxy groups -OCH3 is 1. The summed E-state index contributed by atoms with van der Waals surface area (Å²) >= 11 is 0. The van der Waals surface area contributed by atoms with Crippen LogP contribution in [0.5, 0.6) is 5.75 Å². The molecule has 0 radical (unpaired) electrons. The minimum Gasteiger partial charge on any atom is -0.490 e. The molecule has 2 aliphatic heterocycles. The molecule has 184 valence electrons. The molecule has 5 rings (SSSR count). The predicted octanol–water partition coefficient (Wildman–Crippen LogP) is 3.68. The molecular formula is C26H25N5O5. The standard InChI is InChI=1S/C26H25N5O5/c1-36-24-13-17(4-7-23(24)31(34)35)16-3-5-19-21(12-16)28-20-6-2-15(10-22(20)29-26(19)33)11-25(32)30-9-8-18(27)14-30/h2-7,10,12-13,18,28H,8-9,11,14,27H2,1H3,(H,29,33). The van der Waals surface area contributed by atoms with Crippen LogP contribution in [-0.2, 0) is 11.2 Å². The number of carbonyl (C=O) groups excluding carboxylic acids is 2. The zero-order valence-corrected chi connectivity index (χ0v) is 19.6. The molecule has 0 aromatic heterocycles. The highest BCUT2D eigenvalue weighted by Gasteiger charge is 2.25. The Balaban J connectivity index is 1.41. The molecule has 0 bridgehead atoms. The van der Waals surface area contributed by atoms with Crippen molar-refractivity contribution in [3.63, 3.8) is 0 Å². The van der Waals surface area contributed by atoms with Crippen molar-refractivity contribution in [2.45, 2.75) is 18.9 Å². The van der Waals surface area contributed by atoms with Crippen LogP contribution >= 0.6 is 0 Å². The van der Waals surface area contributed by atoms with Crippen LogP contribution in [0.2, 0.25) is 0 Å². The van der Waals surface area contributed by atoms with Gasteiger partial charge in [-0.3, -0.25) is 19.7 Å². The van der Waals surface area contributed by atoms with Gasteiger partial charge in [0.15, 0.2) is 5.75 Å². The molecule has 1 unspecified atom stereocenters. The van der Waals surface area contributed by atoms with Gasteiger partial charge in [-0.2, -0.15) is 0 Å². The zero-order valence-electron chi connectivity index (χ0n) is 19.6. The number of nitrogens with one attached hydrogen (secondary N) is 2. The highest BCUT2D eigenvalue weighted by Crippen LogP contribution is 2.37. The van der Waals surface area contributed by atoms with Crippen molar-refractivity contribution in [3.05, 3.63) is 75.8 Å². The Morgan fingerprint density at radius 1 is 1.08 bits per heavy atom. The van der Waals surface area contributed by atoms with Crippen molar-refractivity contribution in [2.24, 2.45) is 5.73 Å². The van der Waals surface area contributed by atoms with Crippen LogP contribution in [0.15, 0.2) is 54.6 Å². The lowest BCUT2D eigenvalue weighted by Crippen LogP contribution is -2.32. The number of nitrogens with two attached hydrogens (primary N) is 1. The second kappa shape index (κ2) is 9.31. The van der Waals surface area contributed by atoms with Crippen molar-refractivity contribution in [1.82, 2.24) is 4.90 Å². The molecule has 0 aliphatic carbocycles. The number of amides is 2. The number of carbonyl (C=O) groups is 2. The summed E-state index contributed by atoms with van der Waals surface area (Å²) < 4.78 is 5.19. The quantitative estimate of drug-likeness (QED) is 0.368. The fraction of sp³-hybridized carbons (Fsp3) is 0.231. The summed E-state index contributed by atoms with van der Waals surface area (Å²) in [5.41, 5.74) is 10.4. The van der Waals surface area contributed by atoms with Gasteiger partial charge in [0.25, 0.3) is 5.91 Å². The van der Waals surface area contributed by atoms with Crippen LogP contribution < -0.4 is 21.1 Å². The first-order valence-corrected chi connectivity index (χ1v) is 11.5. The van der Waals surface area contributed by atoms with Gasteiger partial charge in [-0.05, 0) is 59.5 Å². The third-order valence-electron chi connectivity index (χ3n) is 6.51. The zero-order chi connectivity index (χ0) is 25.4. The molecule has 3 aromatic carbocycles. The van der Waals surface area contributed by atoms with Gasteiger partial charge in [-0.15, -0.1) is 0 Å². The minimum atomic E-state index is -0.496. The molecule has 36 heavy (non-hydrogen) atoms. The molecule has 1 saturated heterocycles. The Morgan fingerprint density at radius 3 is 2.58 bits per heavy atom. The maximum absolute atomic E-state index is 13.0. The van der Waals surface area contributed by atoms with E-state index in [9.17, 15) is 19.7 Å². The predicted molar refractivity (Wildman–Crippen MR) is 136 cm³/mol. The van der Waals surface area contributed by atoms with E-state index in [-0.39, 0.29) is 35.7 Å². The van der Waals surface area contributed by atoms with Gasteiger partial charge in [0.05, 0.1) is 41.1 Å². The van der Waals surface area contributed by atoms with Gasteiger partial charge in [-0.25, -0.2) is 0 Å². The monoisotopic (exact) mass is 487 g/mol. The largest absolute Gasteiger partial charge is 0.490 e. The second-order valence-electron chi connectivity index (χ2n) is 8.93. The van der Waals surface area contributed by atoms with Gasteiger partial charge in [-0.1, -0.05) is 12.1 Å². The Kier molecular flexibility index (Phi) is 6.03. The molecule has 4 N–H and O–H groups in total. The summed E-state index contributed by atoms with van der Waals surface area (Å²) in [6.45, 7) is 1.24. The number of nitro groups is 1. The molecule has 1 atom stereocenters. The lowest BCUT2D eigenvalue weighted by molar-refractivity contribution is -0.385. The Hall–Kier alpha value is -4.44. The van der Waals surface area contributed by atoms with E-state index in [0.717, 1.165) is 17.5 Å². The molecule has 0 spiro atoms. The summed E-state index contributed by atoms with van der Waals surface area (Å²) in [6, 6.07) is 15.5. The van der Waals surface area contributed by atoms with Gasteiger partial charge in [0.2, 0.25) is 5.91 Å². The van der Waals surface area contributed by atoms with Gasteiger partial charge in [0, 0.05) is 25.2 Å². The number of rotatable bonds is 5. The molecule has 10 heteroatoms. The number of nitrogens with zero attached hydrogens (tertiary/aromatic N) is 2. The normalized spacial score (nSPS) is 16.3. The average molecular weight is 488 g/mol. The van der Waals surface area contributed by atoms with Crippen LogP contribution in [0.3, 0.4) is 0 Å². The number of benzene rings is 3. The van der Waals surface area contributed by atoms with Crippen molar-refractivity contribution >= 4 is 34.6 Å². The smallest absolute Gasteiger partial charge is 0.310 e. The number of hydrogen-bond donors (Lipinski definition) is 3. The summed E-state index contributed by atoms with van der Waals surface area (Å²) in [5, 5.41) is 17.5. The molecule has 2 aliphatic rings. The van der Waals surface area contributed by atoms with Crippen LogP contribution in [0.4, 0.5) is 22.7 Å². The maximum Gasteiger partial charge on any atom is 0.310 e. The van der Waals surface area contributed by atoms with Crippen molar-refractivity contribution < 1.29 is 19.2 Å². The summed E-state index contributed by atoms with van der Waals surface area (Å²) in [7, 11) is 1.38. The Bertz CT molecular complexity index is 1390. The van der Waals surface area contributed by atoms with Gasteiger partial charge < -0.3 is 26.0 Å². The van der Waals surface area contributed by atoms with E-state index in [1.807, 2.05) is 24.3 Å². The minimum absolute atomic E-state index is 0.0160. The number of fused-ring (bicyclic) bond motifs is 2. The van der Waals surface area contributed by atoms with Gasteiger partial charge >= 0.3 is 5.69 Å². The van der Waals surface area contributed by atoms with E-state index in [4.69, 9.17) is 10.5 Å². The molecule has 3 aromatic rings. The third-order valence-corrected chi connectivity index (χ3v) is 6.51. The Morgan fingerprint density at radius 2 is 1.86 bits per heavy atom. The summed E-state index contributed by atoms with van der Waals surface area (Å²) in [4.78, 5) is 38.1. The highest BCUT2D eigenvalue weighted by atomic mass is 16.6. The number of ether oxygens (including phenoxy) is 1. The van der Waals surface area contributed by atoms with E-state index >= 15 is 0 Å². The number of nitro benzene ring substituents is 1. The highest BCUT2D eigenvalue weighted by molar-refractivity contribution is 6.12. The van der Waals surface area contributed by atoms with E-state index in [0.29, 0.717) is 41.3 Å². The molecular weight excluding hydrogens is 462 g/mol. The van der Waals surface area contributed by atoms with Crippen molar-refractivity contribution in [3.8, 4) is 16.9 Å². The molecule has 10 nitrogen and oxygen atoms in total. The first-order valence-electron chi connectivity index (χ1n) is 11.5. The molecule has 1 fully saturated rings. The molecule has 0 saturated carbocycles. The average Bonchev–Trinajstić information content (AvgIpc) is 3.25. The topological polar surface area (TPSA) is 140 Å². The van der Waals surface area contributed by atoms with E-state index in [2.05, 4.69) is 10.6 Å². The van der Waals surface area contributed by atoms with E-state index in [1.54, 1.807) is 29.2 Å². The van der Waals surface area contributed by atoms with E-state index < -0.39 is 4.92 Å². The summed E-state index contributed by atoms with van der Waals surface area (Å²) in [6.07, 6.45) is 1.04. The summed E-state index contributed by atoms with van der Waals surface area (Å²) in [5.74, 6) is -0.109. The first-order chi connectivity index (χ1) is 17.3. The molecule has 2 heterocycles. The van der Waals surface area contributed by atoms with Crippen LogP contribution in [0.25, 0.3) is 11.1 Å². The third kappa shape index (κ3) is 4.46. The SMILES string of the molecule is COc1cc(-c2ccc3c(c2)Nc2ccc(CC(=O)N4CCC(N)C4)cc2NC3=O)ccc1[N+](=O)[O-]. The second-order valence-corrected chi connectivity index (χ2v) is 8.93. The fourth-order valence-electron chi connectivity index (χ4n) is 4.58. The Labute approximate surface area is 207 Å². The van der Waals surface area contributed by atoms with Crippen LogP contribution in [0.1, 0.15) is 22.3 Å². The number of likely N-dealkylation sites (tertiary alicyclic amines) is 1. The van der Waals surface area contributed by atoms with Gasteiger partial charge in [0.1, 0.15) is 0 Å². The maximum atomic E-state index is 13.0. The first kappa shape index (κ1) is 23.3. The fourth-order valence-corrected chi connectivity index (χ4v) is 4.58. The van der Waals surface area contributed by atoms with E-state index in [1.165, 1.54) is 13.2 Å². The number of anilines is 3. The molecule has 2 amide bonds. The number of hydrogen-bond acceptors (Lipinski definition) is 7. The van der Waals surface area contributed by atoms with Crippen molar-refractivity contribution in [2.75, 3.05) is 30.8 Å².